The largest absolute Gasteiger partial charge is 0.497 e. The minimum Gasteiger partial charge on any atom is -0.497 e. The van der Waals surface area contributed by atoms with Crippen molar-refractivity contribution in [1.82, 2.24) is 4.98 Å². The van der Waals surface area contributed by atoms with E-state index in [0.717, 1.165) is 0 Å². The van der Waals surface area contributed by atoms with Gasteiger partial charge in [0.25, 0.3) is 5.91 Å². The van der Waals surface area contributed by atoms with Gasteiger partial charge in [0.2, 0.25) is 5.55 Å². The molecule has 0 radical (unpaired) electrons. The molecule has 174 valence electrons. The van der Waals surface area contributed by atoms with E-state index in [4.69, 9.17) is 13.9 Å². The predicted octanol–water partition coefficient (Wildman–Crippen LogP) is 4.27. The van der Waals surface area contributed by atoms with Gasteiger partial charge in [0.05, 0.1) is 32.2 Å². The molecule has 0 fully saturated rings. The molecule has 2 aromatic carbocycles. The molecule has 0 unspecified atom stereocenters. The summed E-state index contributed by atoms with van der Waals surface area (Å²) in [6, 6.07) is 12.1. The average molecular weight is 463 g/mol. The highest BCUT2D eigenvalue weighted by Gasteiger charge is 2.17. The van der Waals surface area contributed by atoms with Crippen LogP contribution in [-0.2, 0) is 6.61 Å². The first kappa shape index (κ1) is 22.9. The molecule has 0 bridgehead atoms. The number of halogens is 1. The van der Waals surface area contributed by atoms with Gasteiger partial charge in [0.1, 0.15) is 22.9 Å². The lowest BCUT2D eigenvalue weighted by atomic mass is 10.1. The van der Waals surface area contributed by atoms with Crippen LogP contribution in [0.25, 0.3) is 11.0 Å². The number of aliphatic hydroxyl groups is 1. The summed E-state index contributed by atoms with van der Waals surface area (Å²) in [5.74, 6) is -0.0444. The minimum absolute atomic E-state index is 0.00306. The number of hydrogen-bond donors (Lipinski definition) is 2. The maximum Gasteiger partial charge on any atom is 0.261 e. The Morgan fingerprint density at radius 1 is 1.15 bits per heavy atom. The monoisotopic (exact) mass is 463 g/mol. The van der Waals surface area contributed by atoms with E-state index < -0.39 is 11.7 Å². The number of carbonyl (C=O) groups is 1. The number of rotatable bonds is 6. The normalized spacial score (nSPS) is 11.5. The van der Waals surface area contributed by atoms with E-state index in [-0.39, 0.29) is 23.4 Å². The van der Waals surface area contributed by atoms with Crippen molar-refractivity contribution in [3.8, 4) is 11.5 Å². The third-order valence-electron chi connectivity index (χ3n) is 5.12. The van der Waals surface area contributed by atoms with Gasteiger partial charge in [-0.15, -0.1) is 0 Å². The van der Waals surface area contributed by atoms with Gasteiger partial charge in [-0.25, -0.2) is 9.38 Å². The summed E-state index contributed by atoms with van der Waals surface area (Å²) in [7, 11) is 3.03. The Labute approximate surface area is 194 Å². The summed E-state index contributed by atoms with van der Waals surface area (Å²) < 4.78 is 30.3. The standard InChI is InChI=1S/C25H22FN3O5/c1-14-23-21(15(13-30)12-27-14)11-22(24(31)28-17-6-4-5-16(26)7-17)25(34-23)29-18-8-19(32-2)10-20(9-18)33-3/h4-12,30H,13H2,1-3H3,(H,28,31). The van der Waals surface area contributed by atoms with E-state index in [1.54, 1.807) is 37.3 Å². The van der Waals surface area contributed by atoms with Gasteiger partial charge in [0, 0.05) is 41.0 Å². The molecule has 0 aliphatic rings. The molecular formula is C25H22FN3O5. The average Bonchev–Trinajstić information content (AvgIpc) is 2.84. The lowest BCUT2D eigenvalue weighted by molar-refractivity contribution is 0.102. The molecule has 0 aliphatic carbocycles. The number of aromatic nitrogens is 1. The first-order chi connectivity index (χ1) is 16.4. The highest BCUT2D eigenvalue weighted by molar-refractivity contribution is 6.05. The number of fused-ring (bicyclic) bond motifs is 1. The second-order valence-corrected chi connectivity index (χ2v) is 7.38. The summed E-state index contributed by atoms with van der Waals surface area (Å²) in [5, 5.41) is 12.9. The van der Waals surface area contributed by atoms with Crippen LogP contribution in [0.4, 0.5) is 15.8 Å². The third-order valence-corrected chi connectivity index (χ3v) is 5.12. The molecule has 4 rings (SSSR count). The van der Waals surface area contributed by atoms with E-state index in [1.807, 2.05) is 0 Å². The lowest BCUT2D eigenvalue weighted by Gasteiger charge is -2.10. The summed E-state index contributed by atoms with van der Waals surface area (Å²) in [4.78, 5) is 22.0. The molecular weight excluding hydrogens is 441 g/mol. The predicted molar refractivity (Wildman–Crippen MR) is 124 cm³/mol. The SMILES string of the molecule is COc1cc(N=c2oc3c(C)ncc(CO)c3cc2C(=O)Nc2cccc(F)c2)cc(OC)c1. The molecule has 9 heteroatoms. The summed E-state index contributed by atoms with van der Waals surface area (Å²) in [6.07, 6.45) is 1.52. The number of pyridine rings is 1. The van der Waals surface area contributed by atoms with Crippen molar-refractivity contribution in [1.29, 1.82) is 0 Å². The van der Waals surface area contributed by atoms with Crippen molar-refractivity contribution in [3.05, 3.63) is 82.9 Å². The first-order valence-corrected chi connectivity index (χ1v) is 10.3. The second kappa shape index (κ2) is 9.72. The van der Waals surface area contributed by atoms with Crippen LogP contribution in [0, 0.1) is 12.7 Å². The van der Waals surface area contributed by atoms with Gasteiger partial charge < -0.3 is 24.3 Å². The fourth-order valence-electron chi connectivity index (χ4n) is 3.40. The van der Waals surface area contributed by atoms with Crippen molar-refractivity contribution >= 4 is 28.3 Å². The number of benzene rings is 2. The lowest BCUT2D eigenvalue weighted by Crippen LogP contribution is -2.22. The number of ether oxygens (including phenoxy) is 2. The van der Waals surface area contributed by atoms with Crippen LogP contribution >= 0.6 is 0 Å². The van der Waals surface area contributed by atoms with Gasteiger partial charge >= 0.3 is 0 Å². The van der Waals surface area contributed by atoms with E-state index >= 15 is 0 Å². The number of anilines is 1. The van der Waals surface area contributed by atoms with Crippen molar-refractivity contribution in [2.75, 3.05) is 19.5 Å². The number of aliphatic hydroxyl groups excluding tert-OH is 1. The zero-order valence-electron chi connectivity index (χ0n) is 18.8. The fraction of sp³-hybridized carbons (Fsp3) is 0.160. The molecule has 2 aromatic heterocycles. The van der Waals surface area contributed by atoms with Crippen LogP contribution in [0.15, 0.2) is 64.1 Å². The Bertz CT molecular complexity index is 1430. The number of carbonyl (C=O) groups excluding carboxylic acids is 1. The van der Waals surface area contributed by atoms with E-state index in [9.17, 15) is 14.3 Å². The molecule has 0 atom stereocenters. The smallest absolute Gasteiger partial charge is 0.261 e. The number of nitrogens with zero attached hydrogens (tertiary/aromatic N) is 2. The Kier molecular flexibility index (Phi) is 6.55. The van der Waals surface area contributed by atoms with Crippen LogP contribution < -0.4 is 20.3 Å². The van der Waals surface area contributed by atoms with E-state index in [2.05, 4.69) is 15.3 Å². The molecule has 8 nitrogen and oxygen atoms in total. The first-order valence-electron chi connectivity index (χ1n) is 10.3. The Balaban J connectivity index is 1.94. The molecule has 2 N–H and O–H groups in total. The maximum atomic E-state index is 13.6. The van der Waals surface area contributed by atoms with Gasteiger partial charge in [0.15, 0.2) is 5.58 Å². The number of amides is 1. The van der Waals surface area contributed by atoms with E-state index in [1.165, 1.54) is 38.6 Å². The van der Waals surface area contributed by atoms with Crippen molar-refractivity contribution in [2.45, 2.75) is 13.5 Å². The Morgan fingerprint density at radius 3 is 2.53 bits per heavy atom. The summed E-state index contributed by atoms with van der Waals surface area (Å²) >= 11 is 0. The number of nitrogens with one attached hydrogen (secondary N) is 1. The van der Waals surface area contributed by atoms with Gasteiger partial charge in [-0.05, 0) is 31.2 Å². The van der Waals surface area contributed by atoms with Crippen molar-refractivity contribution < 1.29 is 28.2 Å². The van der Waals surface area contributed by atoms with Gasteiger partial charge in [-0.2, -0.15) is 0 Å². The number of hydrogen-bond acceptors (Lipinski definition) is 7. The molecule has 2 heterocycles. The van der Waals surface area contributed by atoms with Crippen molar-refractivity contribution in [2.24, 2.45) is 4.99 Å². The number of aryl methyl sites for hydroxylation is 1. The molecule has 0 aliphatic heterocycles. The molecule has 0 saturated heterocycles. The molecule has 34 heavy (non-hydrogen) atoms. The van der Waals surface area contributed by atoms with Crippen LogP contribution in [0.5, 0.6) is 11.5 Å². The fourth-order valence-corrected chi connectivity index (χ4v) is 3.40. The Morgan fingerprint density at radius 2 is 1.88 bits per heavy atom. The molecule has 4 aromatic rings. The summed E-state index contributed by atoms with van der Waals surface area (Å²) in [5.41, 5.74) is 2.19. The van der Waals surface area contributed by atoms with E-state index in [0.29, 0.717) is 39.4 Å². The Hall–Kier alpha value is -4.24. The quantitative estimate of drug-likeness (QED) is 0.442. The van der Waals surface area contributed by atoms with Crippen LogP contribution in [-0.4, -0.2) is 30.2 Å². The maximum absolute atomic E-state index is 13.6. The van der Waals surface area contributed by atoms with Crippen molar-refractivity contribution in [3.63, 3.8) is 0 Å². The third kappa shape index (κ3) is 4.74. The minimum atomic E-state index is -0.566. The highest BCUT2D eigenvalue weighted by atomic mass is 19.1. The second-order valence-electron chi connectivity index (χ2n) is 7.38. The molecule has 1 amide bonds. The molecule has 0 spiro atoms. The molecule has 0 saturated carbocycles. The number of methoxy groups -OCH3 is 2. The highest BCUT2D eigenvalue weighted by Crippen LogP contribution is 2.28. The topological polar surface area (TPSA) is 106 Å². The van der Waals surface area contributed by atoms with Gasteiger partial charge in [-0.1, -0.05) is 6.07 Å². The van der Waals surface area contributed by atoms with Gasteiger partial charge in [-0.3, -0.25) is 9.78 Å². The summed E-state index contributed by atoms with van der Waals surface area (Å²) in [6.45, 7) is 1.45. The zero-order chi connectivity index (χ0) is 24.2. The zero-order valence-corrected chi connectivity index (χ0v) is 18.8. The van der Waals surface area contributed by atoms with Crippen LogP contribution in [0.3, 0.4) is 0 Å². The van der Waals surface area contributed by atoms with Crippen LogP contribution in [0.1, 0.15) is 21.6 Å². The van der Waals surface area contributed by atoms with Crippen LogP contribution in [0.2, 0.25) is 0 Å².